The number of ether oxygens (including phenoxy) is 1. The minimum absolute atomic E-state index is 0.0718. The Labute approximate surface area is 137 Å². The maximum atomic E-state index is 13.9. The van der Waals surface area contributed by atoms with Crippen LogP contribution in [0.15, 0.2) is 18.2 Å². The van der Waals surface area contributed by atoms with Crippen molar-refractivity contribution in [2.75, 3.05) is 39.4 Å². The third-order valence-electron chi connectivity index (χ3n) is 4.32. The topological polar surface area (TPSA) is 70.1 Å². The molecule has 8 heteroatoms. The van der Waals surface area contributed by atoms with Gasteiger partial charge in [-0.3, -0.25) is 14.5 Å². The zero-order valence-electron chi connectivity index (χ0n) is 13.0. The molecule has 0 aromatic heterocycles. The van der Waals surface area contributed by atoms with Crippen LogP contribution in [0.5, 0.6) is 0 Å². The molecule has 2 atom stereocenters. The molecule has 0 radical (unpaired) electrons. The van der Waals surface area contributed by atoms with E-state index in [1.165, 1.54) is 4.90 Å². The SMILES string of the molecule is O=C(O)CN1C[C@@H]2COC[C@H](C1)N(C(=O)c1cc(F)ccc1F)C2. The van der Waals surface area contributed by atoms with Gasteiger partial charge in [0.15, 0.2) is 0 Å². The molecule has 2 aliphatic heterocycles. The highest BCUT2D eigenvalue weighted by Gasteiger charge is 2.37. The Bertz CT molecular complexity index is 655. The normalized spacial score (nSPS) is 24.5. The number of nitrogens with zero attached hydrogens (tertiary/aromatic N) is 2. The Morgan fingerprint density at radius 2 is 2.00 bits per heavy atom. The van der Waals surface area contributed by atoms with Crippen molar-refractivity contribution in [1.82, 2.24) is 9.80 Å². The molecule has 0 spiro atoms. The molecule has 24 heavy (non-hydrogen) atoms. The minimum Gasteiger partial charge on any atom is -0.480 e. The lowest BCUT2D eigenvalue weighted by Gasteiger charge is -2.30. The molecule has 2 bridgehead atoms. The van der Waals surface area contributed by atoms with Crippen molar-refractivity contribution < 1.29 is 28.2 Å². The highest BCUT2D eigenvalue weighted by Crippen LogP contribution is 2.23. The number of hydrogen-bond acceptors (Lipinski definition) is 4. The van der Waals surface area contributed by atoms with Crippen LogP contribution in [0.25, 0.3) is 0 Å². The molecule has 2 heterocycles. The standard InChI is InChI=1S/C16H18F2N2O4/c17-11-1-2-14(18)13(3-11)16(23)20-5-10-4-19(7-15(21)22)6-12(20)9-24-8-10/h1-3,10,12H,4-9H2,(H,21,22)/t10-,12-/m0/s1. The lowest BCUT2D eigenvalue weighted by molar-refractivity contribution is -0.138. The Balaban J connectivity index is 1.86. The second kappa shape index (κ2) is 6.82. The Hall–Kier alpha value is -2.06. The number of aliphatic carboxylic acids is 1. The van der Waals surface area contributed by atoms with Gasteiger partial charge in [0.25, 0.3) is 5.91 Å². The van der Waals surface area contributed by atoms with Crippen LogP contribution in [0.1, 0.15) is 10.4 Å². The number of amides is 1. The first-order valence-corrected chi connectivity index (χ1v) is 7.72. The molecule has 1 aromatic rings. The number of halogens is 2. The van der Waals surface area contributed by atoms with E-state index in [9.17, 15) is 18.4 Å². The van der Waals surface area contributed by atoms with Crippen molar-refractivity contribution >= 4 is 11.9 Å². The maximum absolute atomic E-state index is 13.9. The van der Waals surface area contributed by atoms with Gasteiger partial charge in [0.1, 0.15) is 11.6 Å². The predicted molar refractivity (Wildman–Crippen MR) is 79.6 cm³/mol. The summed E-state index contributed by atoms with van der Waals surface area (Å²) < 4.78 is 32.9. The van der Waals surface area contributed by atoms with Crippen LogP contribution in [0.2, 0.25) is 0 Å². The monoisotopic (exact) mass is 340 g/mol. The zero-order valence-corrected chi connectivity index (χ0v) is 13.0. The van der Waals surface area contributed by atoms with E-state index in [1.807, 2.05) is 0 Å². The molecular formula is C16H18F2N2O4. The number of carboxylic acid groups (broad SMARTS) is 1. The van der Waals surface area contributed by atoms with Gasteiger partial charge in [-0.1, -0.05) is 0 Å². The number of fused-ring (bicyclic) bond motifs is 3. The van der Waals surface area contributed by atoms with Crippen molar-refractivity contribution in [3.8, 4) is 0 Å². The number of rotatable bonds is 3. The summed E-state index contributed by atoms with van der Waals surface area (Å²) in [5, 5.41) is 9.00. The smallest absolute Gasteiger partial charge is 0.317 e. The first kappa shape index (κ1) is 16.8. The summed E-state index contributed by atoms with van der Waals surface area (Å²) in [7, 11) is 0. The van der Waals surface area contributed by atoms with Crippen LogP contribution in [0, 0.1) is 17.6 Å². The second-order valence-corrected chi connectivity index (χ2v) is 6.23. The molecule has 1 N–H and O–H groups in total. The number of hydrogen-bond donors (Lipinski definition) is 1. The highest BCUT2D eigenvalue weighted by atomic mass is 19.1. The van der Waals surface area contributed by atoms with Gasteiger partial charge in [-0.2, -0.15) is 0 Å². The Kier molecular flexibility index (Phi) is 4.77. The summed E-state index contributed by atoms with van der Waals surface area (Å²) in [5.74, 6) is -3.06. The predicted octanol–water partition coefficient (Wildman–Crippen LogP) is 0.822. The first-order chi connectivity index (χ1) is 11.4. The van der Waals surface area contributed by atoms with Gasteiger partial charge < -0.3 is 14.7 Å². The first-order valence-electron chi connectivity index (χ1n) is 7.72. The quantitative estimate of drug-likeness (QED) is 0.882. The van der Waals surface area contributed by atoms with Crippen LogP contribution >= 0.6 is 0 Å². The number of carbonyl (C=O) groups excluding carboxylic acids is 1. The Morgan fingerprint density at radius 1 is 1.21 bits per heavy atom. The summed E-state index contributed by atoms with van der Waals surface area (Å²) in [4.78, 5) is 26.9. The van der Waals surface area contributed by atoms with E-state index in [1.54, 1.807) is 4.90 Å². The summed E-state index contributed by atoms with van der Waals surface area (Å²) in [6.07, 6.45) is 0. The third kappa shape index (κ3) is 3.54. The van der Waals surface area contributed by atoms with Crippen LogP contribution in [0.4, 0.5) is 8.78 Å². The van der Waals surface area contributed by atoms with Gasteiger partial charge in [0.2, 0.25) is 0 Å². The molecule has 1 aromatic carbocycles. The van der Waals surface area contributed by atoms with E-state index in [-0.39, 0.29) is 24.6 Å². The fourth-order valence-corrected chi connectivity index (χ4v) is 3.33. The fourth-order valence-electron chi connectivity index (χ4n) is 3.33. The molecule has 130 valence electrons. The van der Waals surface area contributed by atoms with Gasteiger partial charge in [0, 0.05) is 25.6 Å². The van der Waals surface area contributed by atoms with Crippen molar-refractivity contribution in [3.05, 3.63) is 35.4 Å². The number of benzene rings is 1. The van der Waals surface area contributed by atoms with Gasteiger partial charge >= 0.3 is 5.97 Å². The van der Waals surface area contributed by atoms with Crippen LogP contribution in [-0.4, -0.2) is 72.2 Å². The average Bonchev–Trinajstić information content (AvgIpc) is 2.79. The van der Waals surface area contributed by atoms with Crippen LogP contribution < -0.4 is 0 Å². The lowest BCUT2D eigenvalue weighted by atomic mass is 10.1. The van der Waals surface area contributed by atoms with Crippen molar-refractivity contribution in [1.29, 1.82) is 0 Å². The molecule has 6 nitrogen and oxygen atoms in total. The highest BCUT2D eigenvalue weighted by molar-refractivity contribution is 5.94. The van der Waals surface area contributed by atoms with Crippen LogP contribution in [0.3, 0.4) is 0 Å². The van der Waals surface area contributed by atoms with E-state index in [0.717, 1.165) is 18.2 Å². The fraction of sp³-hybridized carbons (Fsp3) is 0.500. The summed E-state index contributed by atoms with van der Waals surface area (Å²) >= 11 is 0. The summed E-state index contributed by atoms with van der Waals surface area (Å²) in [6.45, 7) is 1.67. The van der Waals surface area contributed by atoms with Gasteiger partial charge in [-0.05, 0) is 18.2 Å². The maximum Gasteiger partial charge on any atom is 0.317 e. The minimum atomic E-state index is -0.940. The summed E-state index contributed by atoms with van der Waals surface area (Å²) in [6, 6.07) is 2.39. The van der Waals surface area contributed by atoms with E-state index in [0.29, 0.717) is 26.2 Å². The zero-order chi connectivity index (χ0) is 17.3. The van der Waals surface area contributed by atoms with Gasteiger partial charge in [-0.15, -0.1) is 0 Å². The van der Waals surface area contributed by atoms with Gasteiger partial charge in [-0.25, -0.2) is 8.78 Å². The molecule has 0 unspecified atom stereocenters. The summed E-state index contributed by atoms with van der Waals surface area (Å²) in [5.41, 5.74) is -0.313. The Morgan fingerprint density at radius 3 is 2.75 bits per heavy atom. The molecule has 0 aliphatic carbocycles. The molecule has 3 rings (SSSR count). The van der Waals surface area contributed by atoms with E-state index < -0.39 is 29.6 Å². The molecule has 1 amide bonds. The molecule has 2 saturated heterocycles. The van der Waals surface area contributed by atoms with Gasteiger partial charge in [0.05, 0.1) is 31.4 Å². The molecular weight excluding hydrogens is 322 g/mol. The van der Waals surface area contributed by atoms with E-state index in [2.05, 4.69) is 0 Å². The van der Waals surface area contributed by atoms with Crippen molar-refractivity contribution in [2.24, 2.45) is 5.92 Å². The van der Waals surface area contributed by atoms with Crippen molar-refractivity contribution in [3.63, 3.8) is 0 Å². The molecule has 2 fully saturated rings. The van der Waals surface area contributed by atoms with E-state index >= 15 is 0 Å². The molecule has 0 saturated carbocycles. The average molecular weight is 340 g/mol. The number of carboxylic acids is 1. The molecule has 2 aliphatic rings. The van der Waals surface area contributed by atoms with E-state index in [4.69, 9.17) is 9.84 Å². The lowest BCUT2D eigenvalue weighted by Crippen LogP contribution is -2.47. The number of carbonyl (C=O) groups is 2. The third-order valence-corrected chi connectivity index (χ3v) is 4.32. The van der Waals surface area contributed by atoms with Crippen LogP contribution in [-0.2, 0) is 9.53 Å². The second-order valence-electron chi connectivity index (χ2n) is 6.23. The van der Waals surface area contributed by atoms with Crippen molar-refractivity contribution in [2.45, 2.75) is 6.04 Å². The largest absolute Gasteiger partial charge is 0.480 e.